The van der Waals surface area contributed by atoms with Gasteiger partial charge in [0.15, 0.2) is 5.58 Å². The Balaban J connectivity index is 1.55. The van der Waals surface area contributed by atoms with Gasteiger partial charge in [-0.2, -0.15) is 0 Å². The number of aromatic nitrogens is 1. The molecule has 1 saturated heterocycles. The lowest BCUT2D eigenvalue weighted by molar-refractivity contribution is -0.119. The van der Waals surface area contributed by atoms with E-state index >= 15 is 0 Å². The van der Waals surface area contributed by atoms with Gasteiger partial charge in [0.2, 0.25) is 11.8 Å². The standard InChI is InChI=1S/C16H20N4O4/c1-10(21)18-11-5-6-20(9-11)16(22)17-8-15-19-13-7-12(23-2)3-4-14(13)24-15/h3-4,7,11H,5-6,8-9H2,1-2H3,(H,17,22)(H,18,21)/t11-/m1/s1. The molecule has 2 aromatic rings. The molecule has 0 unspecified atom stereocenters. The number of fused-ring (bicyclic) bond motifs is 1. The van der Waals surface area contributed by atoms with Gasteiger partial charge in [-0.05, 0) is 18.6 Å². The largest absolute Gasteiger partial charge is 0.497 e. The Labute approximate surface area is 139 Å². The monoisotopic (exact) mass is 332 g/mol. The zero-order valence-electron chi connectivity index (χ0n) is 13.7. The first-order chi connectivity index (χ1) is 11.5. The maximum absolute atomic E-state index is 12.2. The van der Waals surface area contributed by atoms with Crippen LogP contribution in [0.25, 0.3) is 11.1 Å². The van der Waals surface area contributed by atoms with Crippen LogP contribution < -0.4 is 15.4 Å². The lowest BCUT2D eigenvalue weighted by atomic mass is 10.3. The Morgan fingerprint density at radius 3 is 3.04 bits per heavy atom. The first-order valence-corrected chi connectivity index (χ1v) is 7.78. The van der Waals surface area contributed by atoms with E-state index < -0.39 is 0 Å². The number of nitrogens with zero attached hydrogens (tertiary/aromatic N) is 2. The number of hydrogen-bond donors (Lipinski definition) is 2. The number of carbonyl (C=O) groups is 2. The van der Waals surface area contributed by atoms with Crippen molar-refractivity contribution >= 4 is 23.0 Å². The SMILES string of the molecule is COc1ccc2oc(CNC(=O)N3CC[C@@H](NC(C)=O)C3)nc2c1. The molecule has 0 saturated carbocycles. The molecular formula is C16H20N4O4. The minimum Gasteiger partial charge on any atom is -0.497 e. The molecule has 1 aliphatic rings. The molecule has 3 amide bonds. The van der Waals surface area contributed by atoms with Crippen LogP contribution in [0.4, 0.5) is 4.79 Å². The predicted molar refractivity (Wildman–Crippen MR) is 86.6 cm³/mol. The summed E-state index contributed by atoms with van der Waals surface area (Å²) in [5.74, 6) is 1.06. The molecule has 3 rings (SSSR count). The van der Waals surface area contributed by atoms with Crippen molar-refractivity contribution in [2.24, 2.45) is 0 Å². The third-order valence-electron chi connectivity index (χ3n) is 3.91. The average molecular weight is 332 g/mol. The van der Waals surface area contributed by atoms with Gasteiger partial charge in [-0.25, -0.2) is 9.78 Å². The van der Waals surface area contributed by atoms with Crippen LogP contribution in [-0.4, -0.2) is 48.1 Å². The van der Waals surface area contributed by atoms with Gasteiger partial charge in [-0.1, -0.05) is 0 Å². The normalized spacial score (nSPS) is 17.1. The van der Waals surface area contributed by atoms with Crippen LogP contribution in [0.1, 0.15) is 19.2 Å². The molecule has 8 nitrogen and oxygen atoms in total. The summed E-state index contributed by atoms with van der Waals surface area (Å²) in [6, 6.07) is 5.18. The topological polar surface area (TPSA) is 96.7 Å². The number of benzene rings is 1. The number of ether oxygens (including phenoxy) is 1. The highest BCUT2D eigenvalue weighted by molar-refractivity contribution is 5.76. The molecule has 0 bridgehead atoms. The first-order valence-electron chi connectivity index (χ1n) is 7.78. The van der Waals surface area contributed by atoms with Crippen LogP contribution in [0.15, 0.2) is 22.6 Å². The number of urea groups is 1. The summed E-state index contributed by atoms with van der Waals surface area (Å²) in [7, 11) is 1.59. The molecular weight excluding hydrogens is 312 g/mol. The summed E-state index contributed by atoms with van der Waals surface area (Å²) in [4.78, 5) is 29.2. The maximum atomic E-state index is 12.2. The van der Waals surface area contributed by atoms with Crippen molar-refractivity contribution in [1.82, 2.24) is 20.5 Å². The predicted octanol–water partition coefficient (Wildman–Crippen LogP) is 1.26. The van der Waals surface area contributed by atoms with Crippen molar-refractivity contribution in [1.29, 1.82) is 0 Å². The van der Waals surface area contributed by atoms with Gasteiger partial charge in [-0.15, -0.1) is 0 Å². The zero-order valence-corrected chi connectivity index (χ0v) is 13.7. The smallest absolute Gasteiger partial charge is 0.317 e. The number of hydrogen-bond acceptors (Lipinski definition) is 5. The van der Waals surface area contributed by atoms with Crippen molar-refractivity contribution < 1.29 is 18.7 Å². The second kappa shape index (κ2) is 6.77. The first kappa shape index (κ1) is 16.1. The fraction of sp³-hybridized carbons (Fsp3) is 0.438. The molecule has 1 fully saturated rings. The molecule has 8 heteroatoms. The Morgan fingerprint density at radius 2 is 2.29 bits per heavy atom. The highest BCUT2D eigenvalue weighted by Crippen LogP contribution is 2.21. The van der Waals surface area contributed by atoms with Gasteiger partial charge < -0.3 is 24.7 Å². The Bertz CT molecular complexity index is 758. The van der Waals surface area contributed by atoms with Crippen LogP contribution in [-0.2, 0) is 11.3 Å². The number of carbonyl (C=O) groups excluding carboxylic acids is 2. The fourth-order valence-corrected chi connectivity index (χ4v) is 2.77. The van der Waals surface area contributed by atoms with E-state index in [1.54, 1.807) is 30.2 Å². The van der Waals surface area contributed by atoms with E-state index in [4.69, 9.17) is 9.15 Å². The summed E-state index contributed by atoms with van der Waals surface area (Å²) in [5, 5.41) is 5.62. The highest BCUT2D eigenvalue weighted by Gasteiger charge is 2.26. The van der Waals surface area contributed by atoms with Gasteiger partial charge >= 0.3 is 6.03 Å². The Hall–Kier alpha value is -2.77. The van der Waals surface area contributed by atoms with E-state index in [1.807, 2.05) is 0 Å². The summed E-state index contributed by atoms with van der Waals surface area (Å²) < 4.78 is 10.7. The number of nitrogens with one attached hydrogen (secondary N) is 2. The van der Waals surface area contributed by atoms with Gasteiger partial charge in [0.05, 0.1) is 13.7 Å². The third-order valence-corrected chi connectivity index (χ3v) is 3.91. The van der Waals surface area contributed by atoms with Gasteiger partial charge in [0, 0.05) is 32.1 Å². The van der Waals surface area contributed by atoms with Crippen LogP contribution in [0, 0.1) is 0 Å². The number of likely N-dealkylation sites (tertiary alicyclic amines) is 1. The molecule has 0 spiro atoms. The Kier molecular flexibility index (Phi) is 4.54. The molecule has 2 N–H and O–H groups in total. The molecule has 0 radical (unpaired) electrons. The zero-order chi connectivity index (χ0) is 17.1. The van der Waals surface area contributed by atoms with Gasteiger partial charge in [0.1, 0.15) is 11.3 Å². The average Bonchev–Trinajstić information content (AvgIpc) is 3.17. The summed E-state index contributed by atoms with van der Waals surface area (Å²) >= 11 is 0. The molecule has 0 aliphatic carbocycles. The van der Waals surface area contributed by atoms with E-state index in [0.717, 1.165) is 6.42 Å². The van der Waals surface area contributed by atoms with Crippen LogP contribution in [0.3, 0.4) is 0 Å². The van der Waals surface area contributed by atoms with Crippen molar-refractivity contribution in [3.63, 3.8) is 0 Å². The summed E-state index contributed by atoms with van der Waals surface area (Å²) in [6.45, 7) is 2.81. The van der Waals surface area contributed by atoms with E-state index in [1.165, 1.54) is 6.92 Å². The lowest BCUT2D eigenvalue weighted by Crippen LogP contribution is -2.41. The molecule has 1 aromatic heterocycles. The lowest BCUT2D eigenvalue weighted by Gasteiger charge is -2.16. The molecule has 1 atom stereocenters. The third kappa shape index (κ3) is 3.58. The molecule has 128 valence electrons. The van der Waals surface area contributed by atoms with E-state index in [-0.39, 0.29) is 24.5 Å². The van der Waals surface area contributed by atoms with Crippen molar-refractivity contribution in [3.8, 4) is 5.75 Å². The van der Waals surface area contributed by atoms with Crippen molar-refractivity contribution in [2.75, 3.05) is 20.2 Å². The molecule has 1 aliphatic heterocycles. The van der Waals surface area contributed by atoms with Crippen LogP contribution in [0.2, 0.25) is 0 Å². The molecule has 2 heterocycles. The van der Waals surface area contributed by atoms with Gasteiger partial charge in [0.25, 0.3) is 0 Å². The number of rotatable bonds is 4. The number of amides is 3. The van der Waals surface area contributed by atoms with Crippen LogP contribution >= 0.6 is 0 Å². The fourth-order valence-electron chi connectivity index (χ4n) is 2.77. The minimum absolute atomic E-state index is 0.0186. The van der Waals surface area contributed by atoms with Crippen LogP contribution in [0.5, 0.6) is 5.75 Å². The van der Waals surface area contributed by atoms with E-state index in [0.29, 0.717) is 35.8 Å². The Morgan fingerprint density at radius 1 is 1.46 bits per heavy atom. The number of oxazole rings is 1. The second-order valence-electron chi connectivity index (χ2n) is 5.73. The van der Waals surface area contributed by atoms with E-state index in [2.05, 4.69) is 15.6 Å². The van der Waals surface area contributed by atoms with Gasteiger partial charge in [-0.3, -0.25) is 4.79 Å². The summed E-state index contributed by atoms with van der Waals surface area (Å²) in [5.41, 5.74) is 1.33. The minimum atomic E-state index is -0.192. The summed E-state index contributed by atoms with van der Waals surface area (Å²) in [6.07, 6.45) is 0.760. The van der Waals surface area contributed by atoms with E-state index in [9.17, 15) is 9.59 Å². The highest BCUT2D eigenvalue weighted by atomic mass is 16.5. The maximum Gasteiger partial charge on any atom is 0.317 e. The number of methoxy groups -OCH3 is 1. The second-order valence-corrected chi connectivity index (χ2v) is 5.73. The van der Waals surface area contributed by atoms with Crippen molar-refractivity contribution in [2.45, 2.75) is 25.9 Å². The quantitative estimate of drug-likeness (QED) is 0.878. The molecule has 1 aromatic carbocycles. The van der Waals surface area contributed by atoms with Crippen molar-refractivity contribution in [3.05, 3.63) is 24.1 Å². The molecule has 24 heavy (non-hydrogen) atoms.